The van der Waals surface area contributed by atoms with Gasteiger partial charge in [-0.25, -0.2) is 4.79 Å². The molecule has 2 rings (SSSR count). The van der Waals surface area contributed by atoms with Gasteiger partial charge < -0.3 is 37.2 Å². The average molecular weight is 584 g/mol. The Bertz CT molecular complexity index is 1220. The van der Waals surface area contributed by atoms with Crippen molar-refractivity contribution < 1.29 is 34.2 Å². The van der Waals surface area contributed by atoms with Gasteiger partial charge in [-0.2, -0.15) is 0 Å². The number of aliphatic carboxylic acids is 1. The molecule has 2 aromatic rings. The Morgan fingerprint density at radius 1 is 0.667 bits per heavy atom. The van der Waals surface area contributed by atoms with E-state index in [2.05, 4.69) is 21.3 Å². The van der Waals surface area contributed by atoms with Crippen molar-refractivity contribution in [1.82, 2.24) is 21.3 Å². The van der Waals surface area contributed by atoms with E-state index in [-0.39, 0.29) is 30.9 Å². The molecule has 42 heavy (non-hydrogen) atoms. The number of hydrogen-bond donors (Lipinski definition) is 7. The quantitative estimate of drug-likeness (QED) is 0.158. The summed E-state index contributed by atoms with van der Waals surface area (Å²) in [6.07, 6.45) is 0.490. The second-order valence-electron chi connectivity index (χ2n) is 10.7. The van der Waals surface area contributed by atoms with Gasteiger partial charge in [-0.15, -0.1) is 0 Å². The van der Waals surface area contributed by atoms with E-state index < -0.39 is 59.8 Å². The number of carboxylic acid groups (broad SMARTS) is 1. The zero-order chi connectivity index (χ0) is 31.4. The third kappa shape index (κ3) is 11.2. The molecule has 0 heterocycles. The molecule has 0 saturated heterocycles. The van der Waals surface area contributed by atoms with Crippen molar-refractivity contribution in [2.45, 2.75) is 77.2 Å². The average Bonchev–Trinajstić information content (AvgIpc) is 2.93. The van der Waals surface area contributed by atoms with Crippen LogP contribution in [0.15, 0.2) is 54.6 Å². The number of nitrogens with two attached hydrogens (primary N) is 1. The van der Waals surface area contributed by atoms with Crippen LogP contribution in [0.4, 0.5) is 0 Å². The maximum Gasteiger partial charge on any atom is 0.326 e. The van der Waals surface area contributed by atoms with Crippen LogP contribution in [-0.2, 0) is 36.8 Å². The van der Waals surface area contributed by atoms with E-state index in [4.69, 9.17) is 5.73 Å². The topological polar surface area (TPSA) is 200 Å². The highest BCUT2D eigenvalue weighted by Gasteiger charge is 2.30. The molecule has 0 radical (unpaired) electrons. The van der Waals surface area contributed by atoms with E-state index in [9.17, 15) is 34.2 Å². The van der Waals surface area contributed by atoms with Crippen LogP contribution in [0.3, 0.4) is 0 Å². The Balaban J connectivity index is 2.00. The number of phenolic OH excluding ortho intramolecular Hbond substituents is 1. The molecule has 0 aliphatic rings. The summed E-state index contributed by atoms with van der Waals surface area (Å²) in [4.78, 5) is 63.1. The first-order valence-corrected chi connectivity index (χ1v) is 13.8. The van der Waals surface area contributed by atoms with Gasteiger partial charge in [0, 0.05) is 6.42 Å². The van der Waals surface area contributed by atoms with Crippen molar-refractivity contribution in [3.63, 3.8) is 0 Å². The van der Waals surface area contributed by atoms with E-state index in [1.165, 1.54) is 26.0 Å². The Morgan fingerprint density at radius 3 is 1.71 bits per heavy atom. The van der Waals surface area contributed by atoms with Crippen LogP contribution in [0, 0.1) is 5.92 Å². The SMILES string of the molecule is CC(C)CC(NC(=O)C(Cc1ccccc1)NC(=O)C(C)NC(=O)C(C)NC(=O)C(N)Cc1ccc(O)cc1)C(=O)O. The summed E-state index contributed by atoms with van der Waals surface area (Å²) < 4.78 is 0. The molecule has 0 aliphatic carbocycles. The van der Waals surface area contributed by atoms with E-state index in [0.717, 1.165) is 11.1 Å². The molecule has 0 fully saturated rings. The number of aromatic hydroxyl groups is 1. The monoisotopic (exact) mass is 583 g/mol. The largest absolute Gasteiger partial charge is 0.508 e. The highest BCUT2D eigenvalue weighted by molar-refractivity contribution is 5.95. The van der Waals surface area contributed by atoms with Gasteiger partial charge in [0.25, 0.3) is 0 Å². The predicted molar refractivity (Wildman–Crippen MR) is 156 cm³/mol. The third-order valence-corrected chi connectivity index (χ3v) is 6.47. The van der Waals surface area contributed by atoms with Crippen LogP contribution >= 0.6 is 0 Å². The number of amides is 4. The third-order valence-electron chi connectivity index (χ3n) is 6.47. The second kappa shape index (κ2) is 16.1. The molecule has 5 atom stereocenters. The van der Waals surface area contributed by atoms with Crippen LogP contribution in [0.2, 0.25) is 0 Å². The highest BCUT2D eigenvalue weighted by atomic mass is 16.4. The number of hydrogen-bond acceptors (Lipinski definition) is 7. The highest BCUT2D eigenvalue weighted by Crippen LogP contribution is 2.11. The van der Waals surface area contributed by atoms with Crippen LogP contribution in [0.1, 0.15) is 45.2 Å². The molecule has 0 aliphatic heterocycles. The molecule has 0 bridgehead atoms. The summed E-state index contributed by atoms with van der Waals surface area (Å²) in [7, 11) is 0. The van der Waals surface area contributed by atoms with Gasteiger partial charge in [-0.05, 0) is 55.9 Å². The van der Waals surface area contributed by atoms with Gasteiger partial charge in [0.1, 0.15) is 29.9 Å². The molecule has 12 nitrogen and oxygen atoms in total. The Hall–Kier alpha value is -4.45. The van der Waals surface area contributed by atoms with Crippen molar-refractivity contribution in [3.8, 4) is 5.75 Å². The van der Waals surface area contributed by atoms with Gasteiger partial charge in [0.05, 0.1) is 6.04 Å². The van der Waals surface area contributed by atoms with Gasteiger partial charge >= 0.3 is 5.97 Å². The minimum atomic E-state index is -1.18. The smallest absolute Gasteiger partial charge is 0.326 e. The molecule has 5 unspecified atom stereocenters. The maximum atomic E-state index is 13.1. The fourth-order valence-electron chi connectivity index (χ4n) is 4.09. The lowest BCUT2D eigenvalue weighted by Gasteiger charge is -2.24. The Kier molecular flexibility index (Phi) is 12.9. The minimum absolute atomic E-state index is 0.00800. The second-order valence-corrected chi connectivity index (χ2v) is 10.7. The Morgan fingerprint density at radius 2 is 1.17 bits per heavy atom. The van der Waals surface area contributed by atoms with Crippen molar-refractivity contribution in [3.05, 3.63) is 65.7 Å². The number of phenols is 1. The molecular formula is C30H41N5O7. The molecule has 8 N–H and O–H groups in total. The summed E-state index contributed by atoms with van der Waals surface area (Å²) in [5.74, 6) is -3.64. The normalized spacial score (nSPS) is 14.5. The van der Waals surface area contributed by atoms with E-state index in [1.807, 2.05) is 13.8 Å². The van der Waals surface area contributed by atoms with Gasteiger partial charge in [-0.3, -0.25) is 19.2 Å². The number of rotatable bonds is 15. The number of carbonyl (C=O) groups excluding carboxylic acids is 4. The molecule has 12 heteroatoms. The molecule has 0 aromatic heterocycles. The molecular weight excluding hydrogens is 542 g/mol. The summed E-state index contributed by atoms with van der Waals surface area (Å²) in [6.45, 7) is 6.54. The fraction of sp³-hybridized carbons (Fsp3) is 0.433. The van der Waals surface area contributed by atoms with Crippen molar-refractivity contribution in [2.75, 3.05) is 0 Å². The van der Waals surface area contributed by atoms with Crippen LogP contribution < -0.4 is 27.0 Å². The fourth-order valence-corrected chi connectivity index (χ4v) is 4.09. The number of carboxylic acids is 1. The first kappa shape index (κ1) is 33.8. The van der Waals surface area contributed by atoms with Gasteiger partial charge in [0.2, 0.25) is 23.6 Å². The first-order chi connectivity index (χ1) is 19.8. The molecule has 2 aromatic carbocycles. The summed E-state index contributed by atoms with van der Waals surface area (Å²) in [5, 5.41) is 29.1. The lowest BCUT2D eigenvalue weighted by atomic mass is 10.0. The van der Waals surface area contributed by atoms with E-state index >= 15 is 0 Å². The van der Waals surface area contributed by atoms with Crippen LogP contribution in [-0.4, -0.2) is 70.0 Å². The molecule has 4 amide bonds. The van der Waals surface area contributed by atoms with Crippen LogP contribution in [0.5, 0.6) is 5.75 Å². The zero-order valence-electron chi connectivity index (χ0n) is 24.3. The van der Waals surface area contributed by atoms with Crippen molar-refractivity contribution in [2.24, 2.45) is 11.7 Å². The van der Waals surface area contributed by atoms with Gasteiger partial charge in [-0.1, -0.05) is 56.3 Å². The minimum Gasteiger partial charge on any atom is -0.508 e. The van der Waals surface area contributed by atoms with Crippen molar-refractivity contribution in [1.29, 1.82) is 0 Å². The summed E-state index contributed by atoms with van der Waals surface area (Å²) in [6, 6.07) is 9.85. The maximum absolute atomic E-state index is 13.1. The van der Waals surface area contributed by atoms with Crippen molar-refractivity contribution >= 4 is 29.6 Å². The van der Waals surface area contributed by atoms with E-state index in [1.54, 1.807) is 42.5 Å². The van der Waals surface area contributed by atoms with Crippen LogP contribution in [0.25, 0.3) is 0 Å². The molecule has 228 valence electrons. The molecule has 0 saturated carbocycles. The predicted octanol–water partition coefficient (Wildman–Crippen LogP) is 0.614. The van der Waals surface area contributed by atoms with Gasteiger partial charge in [0.15, 0.2) is 0 Å². The first-order valence-electron chi connectivity index (χ1n) is 13.8. The summed E-state index contributed by atoms with van der Waals surface area (Å²) in [5.41, 5.74) is 7.43. The Labute approximate surface area is 245 Å². The number of carbonyl (C=O) groups is 5. The standard InChI is InChI=1S/C30H41N5O7/c1-17(2)14-25(30(41)42)35-29(40)24(16-20-8-6-5-7-9-20)34-27(38)19(4)32-26(37)18(3)33-28(39)23(31)15-21-10-12-22(36)13-11-21/h5-13,17-19,23-25,36H,14-16,31H2,1-4H3,(H,32,37)(H,33,39)(H,34,38)(H,35,40)(H,41,42). The lowest BCUT2D eigenvalue weighted by Crippen LogP contribution is -2.57. The zero-order valence-corrected chi connectivity index (χ0v) is 24.3. The molecule has 0 spiro atoms. The number of benzene rings is 2. The van der Waals surface area contributed by atoms with E-state index in [0.29, 0.717) is 0 Å². The lowest BCUT2D eigenvalue weighted by molar-refractivity contribution is -0.142. The summed E-state index contributed by atoms with van der Waals surface area (Å²) >= 11 is 0. The number of nitrogens with one attached hydrogen (secondary N) is 4.